The van der Waals surface area contributed by atoms with Crippen molar-refractivity contribution in [2.45, 2.75) is 19.4 Å². The van der Waals surface area contributed by atoms with E-state index < -0.39 is 5.60 Å². The molecule has 1 nitrogen and oxygen atoms in total. The quantitative estimate of drug-likeness (QED) is 0.239. The lowest BCUT2D eigenvalue weighted by Crippen LogP contribution is -2.14. The smallest absolute Gasteiger partial charge is 0.120 e. The van der Waals surface area contributed by atoms with Gasteiger partial charge in [0.05, 0.1) is 0 Å². The minimum Gasteiger partial charge on any atom is -0.378 e. The second-order valence-corrected chi connectivity index (χ2v) is 8.40. The minimum atomic E-state index is -1.02. The SMILES string of the molecule is CC(C)(O)C#Cc1ccc2ccc3c(-c4ccc(Cl)cc4)ccc4ccc1c2c43. The van der Waals surface area contributed by atoms with Crippen molar-refractivity contribution >= 4 is 43.9 Å². The third-order valence-corrected chi connectivity index (χ3v) is 5.57. The Morgan fingerprint density at radius 2 is 1.31 bits per heavy atom. The summed E-state index contributed by atoms with van der Waals surface area (Å²) in [5.41, 5.74) is 2.25. The number of rotatable bonds is 1. The highest BCUT2D eigenvalue weighted by Gasteiger charge is 2.14. The number of aliphatic hydroxyl groups is 1. The molecular weight excluding hydrogens is 376 g/mol. The highest BCUT2D eigenvalue weighted by Crippen LogP contribution is 2.40. The van der Waals surface area contributed by atoms with E-state index in [2.05, 4.69) is 66.4 Å². The van der Waals surface area contributed by atoms with Gasteiger partial charge in [0.2, 0.25) is 0 Å². The van der Waals surface area contributed by atoms with Gasteiger partial charge >= 0.3 is 0 Å². The summed E-state index contributed by atoms with van der Waals surface area (Å²) in [6.07, 6.45) is 0. The maximum Gasteiger partial charge on any atom is 0.120 e. The molecule has 29 heavy (non-hydrogen) atoms. The largest absolute Gasteiger partial charge is 0.378 e. The van der Waals surface area contributed by atoms with E-state index in [9.17, 15) is 5.11 Å². The Hall–Kier alpha value is -3.05. The van der Waals surface area contributed by atoms with Crippen LogP contribution in [0, 0.1) is 11.8 Å². The summed E-state index contributed by atoms with van der Waals surface area (Å²) < 4.78 is 0. The fourth-order valence-corrected chi connectivity index (χ4v) is 4.14. The molecular formula is C27H19ClO. The standard InChI is InChI=1S/C27H19ClO/c1-27(2,29)16-15-18-3-4-19-9-14-24-22(17-5-10-21(28)11-6-17)12-7-20-8-13-23(18)25(19)26(20)24/h3-14,29H,1-2H3. The lowest BCUT2D eigenvalue weighted by Gasteiger charge is -2.15. The molecule has 0 unspecified atom stereocenters. The number of hydrogen-bond donors (Lipinski definition) is 1. The summed E-state index contributed by atoms with van der Waals surface area (Å²) in [7, 11) is 0. The third kappa shape index (κ3) is 3.12. The van der Waals surface area contributed by atoms with Crippen LogP contribution in [0.25, 0.3) is 43.4 Å². The van der Waals surface area contributed by atoms with Crippen molar-refractivity contribution in [3.05, 3.63) is 83.4 Å². The van der Waals surface area contributed by atoms with Gasteiger partial charge in [-0.15, -0.1) is 0 Å². The van der Waals surface area contributed by atoms with E-state index in [1.165, 1.54) is 32.5 Å². The van der Waals surface area contributed by atoms with Crippen molar-refractivity contribution in [1.29, 1.82) is 0 Å². The minimum absolute atomic E-state index is 0.737. The van der Waals surface area contributed by atoms with Crippen molar-refractivity contribution in [3.8, 4) is 23.0 Å². The van der Waals surface area contributed by atoms with Crippen molar-refractivity contribution in [2.75, 3.05) is 0 Å². The zero-order valence-corrected chi connectivity index (χ0v) is 17.0. The first-order valence-corrected chi connectivity index (χ1v) is 10.0. The van der Waals surface area contributed by atoms with Crippen molar-refractivity contribution < 1.29 is 5.11 Å². The zero-order chi connectivity index (χ0) is 20.2. The lowest BCUT2D eigenvalue weighted by molar-refractivity contribution is 0.143. The van der Waals surface area contributed by atoms with Crippen LogP contribution in [-0.4, -0.2) is 10.7 Å². The Balaban J connectivity index is 1.86. The molecule has 0 aliphatic heterocycles. The van der Waals surface area contributed by atoms with Crippen LogP contribution in [0.5, 0.6) is 0 Å². The van der Waals surface area contributed by atoms with Crippen LogP contribution in [0.2, 0.25) is 5.02 Å². The molecule has 0 aliphatic rings. The summed E-state index contributed by atoms with van der Waals surface area (Å²) in [6, 6.07) is 25.2. The van der Waals surface area contributed by atoms with Gasteiger partial charge < -0.3 is 5.11 Å². The molecule has 1 N–H and O–H groups in total. The van der Waals surface area contributed by atoms with E-state index in [1.54, 1.807) is 13.8 Å². The van der Waals surface area contributed by atoms with Crippen LogP contribution < -0.4 is 0 Å². The van der Waals surface area contributed by atoms with Crippen molar-refractivity contribution in [2.24, 2.45) is 0 Å². The van der Waals surface area contributed by atoms with E-state index in [0.29, 0.717) is 0 Å². The number of halogens is 1. The zero-order valence-electron chi connectivity index (χ0n) is 16.3. The van der Waals surface area contributed by atoms with Crippen LogP contribution in [0.15, 0.2) is 72.8 Å². The van der Waals surface area contributed by atoms with E-state index in [1.807, 2.05) is 18.2 Å². The van der Waals surface area contributed by atoms with Gasteiger partial charge in [0.25, 0.3) is 0 Å². The molecule has 2 heteroatoms. The molecule has 0 spiro atoms. The Labute approximate surface area is 174 Å². The average Bonchev–Trinajstić information content (AvgIpc) is 2.71. The summed E-state index contributed by atoms with van der Waals surface area (Å²) in [6.45, 7) is 3.41. The lowest BCUT2D eigenvalue weighted by atomic mass is 9.88. The predicted molar refractivity (Wildman–Crippen MR) is 124 cm³/mol. The molecule has 0 amide bonds. The molecule has 0 saturated carbocycles. The van der Waals surface area contributed by atoms with E-state index in [0.717, 1.165) is 21.5 Å². The molecule has 0 fully saturated rings. The van der Waals surface area contributed by atoms with Gasteiger partial charge in [-0.05, 0) is 75.5 Å². The van der Waals surface area contributed by atoms with Gasteiger partial charge in [-0.25, -0.2) is 0 Å². The Morgan fingerprint density at radius 3 is 2.00 bits per heavy atom. The number of benzene rings is 5. The summed E-state index contributed by atoms with van der Waals surface area (Å²) in [5.74, 6) is 6.12. The highest BCUT2D eigenvalue weighted by atomic mass is 35.5. The van der Waals surface area contributed by atoms with Crippen LogP contribution in [0.1, 0.15) is 19.4 Å². The monoisotopic (exact) mass is 394 g/mol. The van der Waals surface area contributed by atoms with Crippen molar-refractivity contribution in [1.82, 2.24) is 0 Å². The van der Waals surface area contributed by atoms with Crippen LogP contribution in [-0.2, 0) is 0 Å². The first kappa shape index (κ1) is 18.0. The summed E-state index contributed by atoms with van der Waals surface area (Å²) in [5, 5.41) is 18.0. The first-order valence-electron chi connectivity index (χ1n) is 9.63. The Morgan fingerprint density at radius 1 is 0.724 bits per heavy atom. The molecule has 0 radical (unpaired) electrons. The van der Waals surface area contributed by atoms with Crippen molar-refractivity contribution in [3.63, 3.8) is 0 Å². The van der Waals surface area contributed by atoms with Gasteiger partial charge in [-0.2, -0.15) is 0 Å². The second-order valence-electron chi connectivity index (χ2n) is 7.96. The van der Waals surface area contributed by atoms with Gasteiger partial charge in [-0.3, -0.25) is 0 Å². The van der Waals surface area contributed by atoms with Crippen LogP contribution in [0.3, 0.4) is 0 Å². The van der Waals surface area contributed by atoms with E-state index in [-0.39, 0.29) is 0 Å². The van der Waals surface area contributed by atoms with Gasteiger partial charge in [0.1, 0.15) is 5.60 Å². The van der Waals surface area contributed by atoms with Gasteiger partial charge in [-0.1, -0.05) is 78.0 Å². The van der Waals surface area contributed by atoms with E-state index >= 15 is 0 Å². The average molecular weight is 395 g/mol. The maximum atomic E-state index is 10.0. The van der Waals surface area contributed by atoms with Crippen LogP contribution >= 0.6 is 11.6 Å². The molecule has 0 atom stereocenters. The third-order valence-electron chi connectivity index (χ3n) is 5.32. The molecule has 5 aromatic rings. The molecule has 140 valence electrons. The summed E-state index contributed by atoms with van der Waals surface area (Å²) >= 11 is 6.09. The molecule has 5 aromatic carbocycles. The Kier molecular flexibility index (Phi) is 4.03. The molecule has 0 aromatic heterocycles. The fraction of sp³-hybridized carbons (Fsp3) is 0.111. The van der Waals surface area contributed by atoms with Gasteiger partial charge in [0.15, 0.2) is 0 Å². The molecule has 0 aliphatic carbocycles. The van der Waals surface area contributed by atoms with Crippen LogP contribution in [0.4, 0.5) is 0 Å². The van der Waals surface area contributed by atoms with Gasteiger partial charge in [0, 0.05) is 10.6 Å². The maximum absolute atomic E-state index is 10.0. The second kappa shape index (κ2) is 6.49. The first-order chi connectivity index (χ1) is 13.9. The topological polar surface area (TPSA) is 20.2 Å². The molecule has 0 saturated heterocycles. The summed E-state index contributed by atoms with van der Waals surface area (Å²) in [4.78, 5) is 0. The molecule has 0 bridgehead atoms. The molecule has 5 rings (SSSR count). The normalized spacial score (nSPS) is 11.9. The Bertz CT molecular complexity index is 1430. The number of hydrogen-bond acceptors (Lipinski definition) is 1. The van der Waals surface area contributed by atoms with E-state index in [4.69, 9.17) is 11.6 Å². The predicted octanol–water partition coefficient (Wildman–Crippen LogP) is 7.03. The highest BCUT2D eigenvalue weighted by molar-refractivity contribution is 6.30. The molecule has 0 heterocycles. The fourth-order valence-electron chi connectivity index (χ4n) is 4.01.